The Hall–Kier alpha value is -0.460. The largest absolute Gasteiger partial charge is 0.383 e. The smallest absolute Gasteiger partial charge is 0.0589 e. The molecule has 2 unspecified atom stereocenters. The van der Waals surface area contributed by atoms with Crippen LogP contribution in [-0.4, -0.2) is 51.5 Å². The number of benzene rings is 1. The van der Waals surface area contributed by atoms with Crippen molar-refractivity contribution in [1.29, 1.82) is 0 Å². The van der Waals surface area contributed by atoms with Crippen LogP contribution in [-0.2, 0) is 9.47 Å². The average molecular weight is 345 g/mol. The first kappa shape index (κ1) is 17.6. The highest BCUT2D eigenvalue weighted by atomic mass is 79.9. The third-order valence-electron chi connectivity index (χ3n) is 3.27. The standard InChI is InChI=1S/C15H25BrN2O2/c1-12(17)15(13-4-6-14(16)7-5-13)18(8-10-19-2)9-11-20-3/h4-7,12,15H,8-11,17H2,1-3H3. The summed E-state index contributed by atoms with van der Waals surface area (Å²) in [5.74, 6) is 0. The lowest BCUT2D eigenvalue weighted by molar-refractivity contribution is 0.0801. The number of ether oxygens (including phenoxy) is 2. The van der Waals surface area contributed by atoms with E-state index < -0.39 is 0 Å². The van der Waals surface area contributed by atoms with Gasteiger partial charge in [0.15, 0.2) is 0 Å². The molecule has 1 aromatic carbocycles. The second-order valence-corrected chi connectivity index (χ2v) is 5.79. The molecular weight excluding hydrogens is 320 g/mol. The van der Waals surface area contributed by atoms with Crippen LogP contribution < -0.4 is 5.73 Å². The predicted octanol–water partition coefficient (Wildman–Crippen LogP) is 2.43. The summed E-state index contributed by atoms with van der Waals surface area (Å²) < 4.78 is 11.5. The summed E-state index contributed by atoms with van der Waals surface area (Å²) in [6.45, 7) is 5.08. The molecule has 20 heavy (non-hydrogen) atoms. The summed E-state index contributed by atoms with van der Waals surface area (Å²) in [5.41, 5.74) is 7.43. The summed E-state index contributed by atoms with van der Waals surface area (Å²) in [7, 11) is 3.43. The van der Waals surface area contributed by atoms with Gasteiger partial charge in [0.2, 0.25) is 0 Å². The number of hydrogen-bond acceptors (Lipinski definition) is 4. The van der Waals surface area contributed by atoms with Crippen molar-refractivity contribution >= 4 is 15.9 Å². The summed E-state index contributed by atoms with van der Waals surface area (Å²) in [6, 6.07) is 8.53. The van der Waals surface area contributed by atoms with Gasteiger partial charge in [-0.3, -0.25) is 4.90 Å². The van der Waals surface area contributed by atoms with Gasteiger partial charge < -0.3 is 15.2 Å². The third-order valence-corrected chi connectivity index (χ3v) is 3.80. The molecule has 114 valence electrons. The number of halogens is 1. The van der Waals surface area contributed by atoms with Crippen molar-refractivity contribution in [2.45, 2.75) is 19.0 Å². The predicted molar refractivity (Wildman–Crippen MR) is 85.9 cm³/mol. The minimum Gasteiger partial charge on any atom is -0.383 e. The van der Waals surface area contributed by atoms with Crippen LogP contribution >= 0.6 is 15.9 Å². The molecule has 0 saturated carbocycles. The van der Waals surface area contributed by atoms with Crippen LogP contribution in [0.15, 0.2) is 28.7 Å². The third kappa shape index (κ3) is 5.50. The van der Waals surface area contributed by atoms with E-state index in [1.807, 2.05) is 6.92 Å². The van der Waals surface area contributed by atoms with Gasteiger partial charge in [-0.2, -0.15) is 0 Å². The molecule has 2 N–H and O–H groups in total. The van der Waals surface area contributed by atoms with E-state index in [1.165, 1.54) is 5.56 Å². The molecule has 0 bridgehead atoms. The van der Waals surface area contributed by atoms with E-state index in [0.717, 1.165) is 17.6 Å². The van der Waals surface area contributed by atoms with Crippen LogP contribution in [0.25, 0.3) is 0 Å². The minimum atomic E-state index is 0.0323. The lowest BCUT2D eigenvalue weighted by atomic mass is 9.99. The average Bonchev–Trinajstić information content (AvgIpc) is 2.43. The van der Waals surface area contributed by atoms with E-state index >= 15 is 0 Å². The molecule has 0 saturated heterocycles. The molecule has 2 atom stereocenters. The van der Waals surface area contributed by atoms with E-state index in [9.17, 15) is 0 Å². The molecular formula is C15H25BrN2O2. The maximum Gasteiger partial charge on any atom is 0.0589 e. The van der Waals surface area contributed by atoms with E-state index in [-0.39, 0.29) is 12.1 Å². The Balaban J connectivity index is 2.90. The number of rotatable bonds is 9. The monoisotopic (exact) mass is 344 g/mol. The van der Waals surface area contributed by atoms with Gasteiger partial charge in [0.1, 0.15) is 0 Å². The van der Waals surface area contributed by atoms with Crippen LogP contribution in [0.4, 0.5) is 0 Å². The molecule has 0 aromatic heterocycles. The maximum absolute atomic E-state index is 6.22. The van der Waals surface area contributed by atoms with E-state index in [0.29, 0.717) is 13.2 Å². The van der Waals surface area contributed by atoms with Crippen molar-refractivity contribution < 1.29 is 9.47 Å². The molecule has 0 aliphatic heterocycles. The summed E-state index contributed by atoms with van der Waals surface area (Å²) in [6.07, 6.45) is 0. The Morgan fingerprint density at radius 2 is 1.60 bits per heavy atom. The lowest BCUT2D eigenvalue weighted by Gasteiger charge is -2.34. The minimum absolute atomic E-state index is 0.0323. The zero-order chi connectivity index (χ0) is 15.0. The molecule has 1 aromatic rings. The number of nitrogens with two attached hydrogens (primary N) is 1. The first-order valence-corrected chi connectivity index (χ1v) is 7.62. The SMILES string of the molecule is COCCN(CCOC)C(c1ccc(Br)cc1)C(C)N. The lowest BCUT2D eigenvalue weighted by Crippen LogP contribution is -2.42. The number of methoxy groups -OCH3 is 2. The maximum atomic E-state index is 6.22. The van der Waals surface area contributed by atoms with Gasteiger partial charge in [0, 0.05) is 43.9 Å². The van der Waals surface area contributed by atoms with Crippen LogP contribution in [0, 0.1) is 0 Å². The van der Waals surface area contributed by atoms with Crippen LogP contribution in [0.2, 0.25) is 0 Å². The molecule has 0 aliphatic rings. The molecule has 0 spiro atoms. The van der Waals surface area contributed by atoms with Gasteiger partial charge in [0.25, 0.3) is 0 Å². The highest BCUT2D eigenvalue weighted by Crippen LogP contribution is 2.25. The Kier molecular flexibility index (Phi) is 8.33. The molecule has 1 rings (SSSR count). The summed E-state index contributed by atoms with van der Waals surface area (Å²) in [5, 5.41) is 0. The van der Waals surface area contributed by atoms with Gasteiger partial charge in [-0.1, -0.05) is 28.1 Å². The van der Waals surface area contributed by atoms with Gasteiger partial charge in [-0.05, 0) is 24.6 Å². The van der Waals surface area contributed by atoms with E-state index in [1.54, 1.807) is 14.2 Å². The molecule has 0 heterocycles. The fourth-order valence-corrected chi connectivity index (χ4v) is 2.58. The Morgan fingerprint density at radius 1 is 1.10 bits per heavy atom. The fourth-order valence-electron chi connectivity index (χ4n) is 2.31. The number of nitrogens with zero attached hydrogens (tertiary/aromatic N) is 1. The van der Waals surface area contributed by atoms with Gasteiger partial charge in [-0.25, -0.2) is 0 Å². The van der Waals surface area contributed by atoms with Crippen LogP contribution in [0.1, 0.15) is 18.5 Å². The molecule has 5 heteroatoms. The van der Waals surface area contributed by atoms with Crippen molar-refractivity contribution in [2.24, 2.45) is 5.73 Å². The van der Waals surface area contributed by atoms with Gasteiger partial charge in [-0.15, -0.1) is 0 Å². The molecule has 0 aliphatic carbocycles. The first-order chi connectivity index (χ1) is 9.60. The topological polar surface area (TPSA) is 47.7 Å². The van der Waals surface area contributed by atoms with Crippen molar-refractivity contribution in [3.63, 3.8) is 0 Å². The second-order valence-electron chi connectivity index (χ2n) is 4.88. The number of hydrogen-bond donors (Lipinski definition) is 1. The van der Waals surface area contributed by atoms with Crippen molar-refractivity contribution in [2.75, 3.05) is 40.5 Å². The molecule has 0 radical (unpaired) electrons. The normalized spacial score (nSPS) is 14.5. The Bertz CT molecular complexity index is 363. The van der Waals surface area contributed by atoms with E-state index in [4.69, 9.17) is 15.2 Å². The first-order valence-electron chi connectivity index (χ1n) is 6.83. The fraction of sp³-hybridized carbons (Fsp3) is 0.600. The van der Waals surface area contributed by atoms with Crippen molar-refractivity contribution in [3.05, 3.63) is 34.3 Å². The molecule has 4 nitrogen and oxygen atoms in total. The summed E-state index contributed by atoms with van der Waals surface area (Å²) >= 11 is 3.47. The molecule has 0 amide bonds. The Morgan fingerprint density at radius 3 is 2.00 bits per heavy atom. The zero-order valence-electron chi connectivity index (χ0n) is 12.5. The summed E-state index contributed by atoms with van der Waals surface area (Å²) in [4.78, 5) is 2.32. The zero-order valence-corrected chi connectivity index (χ0v) is 14.1. The quantitative estimate of drug-likeness (QED) is 0.747. The van der Waals surface area contributed by atoms with Gasteiger partial charge >= 0.3 is 0 Å². The Labute approximate surface area is 130 Å². The second kappa shape index (κ2) is 9.47. The van der Waals surface area contributed by atoms with Gasteiger partial charge in [0.05, 0.1) is 13.2 Å². The van der Waals surface area contributed by atoms with Crippen LogP contribution in [0.3, 0.4) is 0 Å². The van der Waals surface area contributed by atoms with Crippen LogP contribution in [0.5, 0.6) is 0 Å². The molecule has 0 fully saturated rings. The van der Waals surface area contributed by atoms with E-state index in [2.05, 4.69) is 45.1 Å². The van der Waals surface area contributed by atoms with Crippen molar-refractivity contribution in [1.82, 2.24) is 4.90 Å². The van der Waals surface area contributed by atoms with Crippen molar-refractivity contribution in [3.8, 4) is 0 Å². The highest BCUT2D eigenvalue weighted by molar-refractivity contribution is 9.10. The highest BCUT2D eigenvalue weighted by Gasteiger charge is 2.23.